The lowest BCUT2D eigenvalue weighted by Crippen LogP contribution is -2.60. The van der Waals surface area contributed by atoms with Crippen LogP contribution in [0.4, 0.5) is 8.78 Å². The lowest BCUT2D eigenvalue weighted by molar-refractivity contribution is -0.243. The fraction of sp³-hybridized carbons (Fsp3) is 1.00. The average Bonchev–Trinajstić information content (AvgIpc) is 1.75. The van der Waals surface area contributed by atoms with Crippen molar-refractivity contribution >= 4 is 0 Å². The smallest absolute Gasteiger partial charge is 0.207 e. The SMILES string of the molecule is CC(C)C1(C(C)(F)F)CC2(CCC2)C1. The van der Waals surface area contributed by atoms with Gasteiger partial charge in [-0.1, -0.05) is 20.3 Å². The monoisotopic (exact) mass is 202 g/mol. The van der Waals surface area contributed by atoms with E-state index >= 15 is 0 Å². The van der Waals surface area contributed by atoms with Crippen LogP contribution in [-0.4, -0.2) is 5.92 Å². The molecule has 82 valence electrons. The van der Waals surface area contributed by atoms with E-state index in [0.29, 0.717) is 5.41 Å². The van der Waals surface area contributed by atoms with Crippen molar-refractivity contribution in [2.24, 2.45) is 16.7 Å². The largest absolute Gasteiger partial charge is 0.251 e. The maximum absolute atomic E-state index is 13.6. The Morgan fingerprint density at radius 1 is 1.14 bits per heavy atom. The average molecular weight is 202 g/mol. The van der Waals surface area contributed by atoms with Crippen LogP contribution in [0, 0.1) is 16.7 Å². The molecule has 0 aliphatic heterocycles. The maximum Gasteiger partial charge on any atom is 0.251 e. The molecule has 0 N–H and O–H groups in total. The molecule has 2 aliphatic carbocycles. The Morgan fingerprint density at radius 3 is 1.86 bits per heavy atom. The van der Waals surface area contributed by atoms with Gasteiger partial charge >= 0.3 is 0 Å². The quantitative estimate of drug-likeness (QED) is 0.628. The van der Waals surface area contributed by atoms with Crippen molar-refractivity contribution in [1.29, 1.82) is 0 Å². The van der Waals surface area contributed by atoms with Gasteiger partial charge < -0.3 is 0 Å². The van der Waals surface area contributed by atoms with E-state index in [2.05, 4.69) is 0 Å². The van der Waals surface area contributed by atoms with Gasteiger partial charge in [0.15, 0.2) is 0 Å². The van der Waals surface area contributed by atoms with Crippen molar-refractivity contribution < 1.29 is 8.78 Å². The number of rotatable bonds is 2. The zero-order valence-corrected chi connectivity index (χ0v) is 9.37. The summed E-state index contributed by atoms with van der Waals surface area (Å²) in [5, 5.41) is 0. The van der Waals surface area contributed by atoms with Crippen LogP contribution in [0.5, 0.6) is 0 Å². The van der Waals surface area contributed by atoms with Crippen LogP contribution < -0.4 is 0 Å². The minimum atomic E-state index is -2.50. The van der Waals surface area contributed by atoms with Gasteiger partial charge in [0.05, 0.1) is 0 Å². The first-order chi connectivity index (χ1) is 6.31. The van der Waals surface area contributed by atoms with E-state index in [9.17, 15) is 8.78 Å². The standard InChI is InChI=1S/C12H20F2/c1-9(2)12(10(3,13)14)7-11(8-12)5-4-6-11/h9H,4-8H2,1-3H3. The second-order valence-corrected chi connectivity index (χ2v) is 5.91. The van der Waals surface area contributed by atoms with Gasteiger partial charge in [-0.2, -0.15) is 0 Å². The third kappa shape index (κ3) is 1.15. The first-order valence-corrected chi connectivity index (χ1v) is 5.69. The third-order valence-corrected chi connectivity index (χ3v) is 4.77. The summed E-state index contributed by atoms with van der Waals surface area (Å²) in [6.07, 6.45) is 5.17. The highest BCUT2D eigenvalue weighted by atomic mass is 19.3. The molecule has 0 unspecified atom stereocenters. The summed E-state index contributed by atoms with van der Waals surface area (Å²) in [4.78, 5) is 0. The van der Waals surface area contributed by atoms with E-state index in [1.807, 2.05) is 13.8 Å². The first kappa shape index (κ1) is 10.4. The van der Waals surface area contributed by atoms with E-state index in [4.69, 9.17) is 0 Å². The van der Waals surface area contributed by atoms with Gasteiger partial charge in [0.2, 0.25) is 0 Å². The Hall–Kier alpha value is -0.140. The molecule has 0 nitrogen and oxygen atoms in total. The van der Waals surface area contributed by atoms with E-state index in [1.165, 1.54) is 19.3 Å². The third-order valence-electron chi connectivity index (χ3n) is 4.77. The highest BCUT2D eigenvalue weighted by Crippen LogP contribution is 2.71. The molecule has 0 aromatic rings. The van der Waals surface area contributed by atoms with Gasteiger partial charge in [0, 0.05) is 5.41 Å². The summed E-state index contributed by atoms with van der Waals surface area (Å²) >= 11 is 0. The zero-order chi connectivity index (χ0) is 10.6. The highest BCUT2D eigenvalue weighted by Gasteiger charge is 2.66. The number of hydrogen-bond acceptors (Lipinski definition) is 0. The zero-order valence-electron chi connectivity index (χ0n) is 9.37. The Balaban J connectivity index is 2.13. The summed E-state index contributed by atoms with van der Waals surface area (Å²) < 4.78 is 27.2. The van der Waals surface area contributed by atoms with Crippen LogP contribution in [0.3, 0.4) is 0 Å². The molecule has 0 saturated heterocycles. The van der Waals surface area contributed by atoms with Gasteiger partial charge in [-0.3, -0.25) is 0 Å². The number of hydrogen-bond donors (Lipinski definition) is 0. The van der Waals surface area contributed by atoms with Crippen LogP contribution in [0.25, 0.3) is 0 Å². The van der Waals surface area contributed by atoms with Gasteiger partial charge in [0.25, 0.3) is 5.92 Å². The van der Waals surface area contributed by atoms with Crippen LogP contribution in [-0.2, 0) is 0 Å². The lowest BCUT2D eigenvalue weighted by Gasteiger charge is -2.64. The molecule has 0 aromatic carbocycles. The van der Waals surface area contributed by atoms with Crippen molar-refractivity contribution in [2.45, 2.75) is 58.8 Å². The van der Waals surface area contributed by atoms with Crippen LogP contribution in [0.2, 0.25) is 0 Å². The maximum atomic E-state index is 13.6. The molecule has 2 rings (SSSR count). The van der Waals surface area contributed by atoms with E-state index < -0.39 is 11.3 Å². The molecule has 14 heavy (non-hydrogen) atoms. The van der Waals surface area contributed by atoms with Crippen LogP contribution in [0.1, 0.15) is 52.9 Å². The Morgan fingerprint density at radius 2 is 1.64 bits per heavy atom. The fourth-order valence-corrected chi connectivity index (χ4v) is 3.54. The van der Waals surface area contributed by atoms with E-state index in [0.717, 1.165) is 19.8 Å². The molecule has 0 atom stereocenters. The van der Waals surface area contributed by atoms with Gasteiger partial charge in [-0.05, 0) is 43.9 Å². The minimum absolute atomic E-state index is 0.105. The summed E-state index contributed by atoms with van der Waals surface area (Å²) in [5.41, 5.74) is -0.350. The molecule has 2 saturated carbocycles. The van der Waals surface area contributed by atoms with Crippen molar-refractivity contribution in [3.05, 3.63) is 0 Å². The highest BCUT2D eigenvalue weighted by molar-refractivity contribution is 5.12. The first-order valence-electron chi connectivity index (χ1n) is 5.69. The Labute approximate surface area is 85.1 Å². The summed E-state index contributed by atoms with van der Waals surface area (Å²) in [6.45, 7) is 5.00. The Bertz CT molecular complexity index is 225. The molecule has 0 radical (unpaired) electrons. The molecule has 0 aromatic heterocycles. The summed E-state index contributed by atoms with van der Waals surface area (Å²) in [5.74, 6) is -2.39. The summed E-state index contributed by atoms with van der Waals surface area (Å²) in [6, 6.07) is 0. The molecule has 1 spiro atoms. The van der Waals surface area contributed by atoms with Crippen molar-refractivity contribution in [3.63, 3.8) is 0 Å². The van der Waals surface area contributed by atoms with Crippen molar-refractivity contribution in [1.82, 2.24) is 0 Å². The molecule has 0 amide bonds. The predicted molar refractivity (Wildman–Crippen MR) is 53.4 cm³/mol. The second kappa shape index (κ2) is 2.70. The second-order valence-electron chi connectivity index (χ2n) is 5.91. The number of alkyl halides is 2. The molecule has 2 fully saturated rings. The molecule has 2 heteroatoms. The molecular formula is C12H20F2. The number of halogens is 2. The Kier molecular flexibility index (Phi) is 2.01. The van der Waals surface area contributed by atoms with Gasteiger partial charge in [-0.15, -0.1) is 0 Å². The molecular weight excluding hydrogens is 182 g/mol. The van der Waals surface area contributed by atoms with Gasteiger partial charge in [-0.25, -0.2) is 8.78 Å². The predicted octanol–water partition coefficient (Wildman–Crippen LogP) is 4.25. The van der Waals surface area contributed by atoms with E-state index in [-0.39, 0.29) is 5.92 Å². The van der Waals surface area contributed by atoms with Crippen molar-refractivity contribution in [2.75, 3.05) is 0 Å². The van der Waals surface area contributed by atoms with Crippen LogP contribution >= 0.6 is 0 Å². The molecule has 2 aliphatic rings. The fourth-order valence-electron chi connectivity index (χ4n) is 3.54. The molecule has 0 heterocycles. The minimum Gasteiger partial charge on any atom is -0.207 e. The normalized spacial score (nSPS) is 28.7. The van der Waals surface area contributed by atoms with Gasteiger partial charge in [0.1, 0.15) is 0 Å². The topological polar surface area (TPSA) is 0 Å². The van der Waals surface area contributed by atoms with Crippen molar-refractivity contribution in [3.8, 4) is 0 Å². The lowest BCUT2D eigenvalue weighted by atomic mass is 9.41. The van der Waals surface area contributed by atoms with E-state index in [1.54, 1.807) is 0 Å². The van der Waals surface area contributed by atoms with Crippen LogP contribution in [0.15, 0.2) is 0 Å². The summed E-state index contributed by atoms with van der Waals surface area (Å²) in [7, 11) is 0. The molecule has 0 bridgehead atoms.